The van der Waals surface area contributed by atoms with E-state index in [4.69, 9.17) is 19.9 Å². The molecule has 0 aliphatic heterocycles. The first kappa shape index (κ1) is 40.7. The molecule has 0 radical (unpaired) electrons. The van der Waals surface area contributed by atoms with Crippen LogP contribution in [0.15, 0.2) is 243 Å². The highest BCUT2D eigenvalue weighted by Gasteiger charge is 2.29. The summed E-state index contributed by atoms with van der Waals surface area (Å²) in [7, 11) is 0. The second kappa shape index (κ2) is 17.5. The maximum Gasteiger partial charge on any atom is 0.163 e. The minimum Gasteiger partial charge on any atom is -0.309 e. The van der Waals surface area contributed by atoms with E-state index in [1.54, 1.807) is 0 Å². The van der Waals surface area contributed by atoms with Gasteiger partial charge in [-0.1, -0.05) is 183 Å². The second-order valence-corrected chi connectivity index (χ2v) is 17.5. The first-order valence-corrected chi connectivity index (χ1v) is 23.2. The maximum absolute atomic E-state index is 5.37. The van der Waals surface area contributed by atoms with Gasteiger partial charge >= 0.3 is 0 Å². The lowest BCUT2D eigenvalue weighted by molar-refractivity contribution is 0.616. The van der Waals surface area contributed by atoms with E-state index in [1.165, 1.54) is 44.1 Å². The van der Waals surface area contributed by atoms with E-state index in [0.29, 0.717) is 11.6 Å². The normalized spacial score (nSPS) is 14.6. The lowest BCUT2D eigenvalue weighted by atomic mass is 9.79. The monoisotopic (exact) mass is 871 g/mol. The molecule has 11 aromatic rings. The van der Waals surface area contributed by atoms with Gasteiger partial charge in [-0.3, -0.25) is 4.98 Å². The molecule has 1 aliphatic rings. The smallest absolute Gasteiger partial charge is 0.163 e. The van der Waals surface area contributed by atoms with Crippen LogP contribution in [-0.4, -0.2) is 24.5 Å². The van der Waals surface area contributed by atoms with Gasteiger partial charge in [0.15, 0.2) is 11.6 Å². The quantitative estimate of drug-likeness (QED) is 0.145. The van der Waals surface area contributed by atoms with Gasteiger partial charge in [-0.25, -0.2) is 15.0 Å². The third kappa shape index (κ3) is 7.60. The van der Waals surface area contributed by atoms with Gasteiger partial charge in [0.05, 0.1) is 16.7 Å². The molecule has 8 aromatic carbocycles. The molecule has 0 fully saturated rings. The van der Waals surface area contributed by atoms with E-state index in [2.05, 4.69) is 224 Å². The lowest BCUT2D eigenvalue weighted by Crippen LogP contribution is -2.17. The highest BCUT2D eigenvalue weighted by atomic mass is 15.0. The van der Waals surface area contributed by atoms with Crippen molar-refractivity contribution in [3.8, 4) is 73.1 Å². The summed E-state index contributed by atoms with van der Waals surface area (Å²) in [6.07, 6.45) is 8.59. The average Bonchev–Trinajstić information content (AvgIpc) is 3.76. The van der Waals surface area contributed by atoms with E-state index in [0.717, 1.165) is 56.1 Å². The van der Waals surface area contributed by atoms with Gasteiger partial charge in [-0.15, -0.1) is 0 Å². The number of aromatic nitrogens is 5. The van der Waals surface area contributed by atoms with Gasteiger partial charge in [0.1, 0.15) is 5.82 Å². The molecule has 2 atom stereocenters. The second-order valence-electron chi connectivity index (χ2n) is 17.5. The Hall–Kier alpha value is -8.80. The van der Waals surface area contributed by atoms with Crippen molar-refractivity contribution in [2.24, 2.45) is 5.92 Å². The number of fused-ring (bicyclic) bond motifs is 3. The van der Waals surface area contributed by atoms with Crippen LogP contribution >= 0.6 is 0 Å². The molecule has 5 nitrogen and oxygen atoms in total. The summed E-state index contributed by atoms with van der Waals surface area (Å²) in [5.41, 5.74) is 16.5. The average molecular weight is 872 g/mol. The van der Waals surface area contributed by atoms with Crippen LogP contribution < -0.4 is 0 Å². The summed E-state index contributed by atoms with van der Waals surface area (Å²) in [6.45, 7) is 2.31. The molecule has 0 saturated heterocycles. The van der Waals surface area contributed by atoms with Crippen molar-refractivity contribution >= 4 is 27.4 Å². The van der Waals surface area contributed by atoms with Crippen LogP contribution in [0.1, 0.15) is 24.2 Å². The van der Waals surface area contributed by atoms with E-state index >= 15 is 0 Å². The maximum atomic E-state index is 5.37. The summed E-state index contributed by atoms with van der Waals surface area (Å²) in [5.74, 6) is 1.87. The van der Waals surface area contributed by atoms with Crippen LogP contribution in [0, 0.1) is 5.92 Å². The molecule has 3 aromatic heterocycles. The molecular formula is C63H45N5. The molecule has 0 N–H and O–H groups in total. The fourth-order valence-corrected chi connectivity index (χ4v) is 9.90. The zero-order chi connectivity index (χ0) is 45.4. The highest BCUT2D eigenvalue weighted by molar-refractivity contribution is 6.15. The van der Waals surface area contributed by atoms with Gasteiger partial charge in [0.2, 0.25) is 0 Å². The zero-order valence-corrected chi connectivity index (χ0v) is 37.5. The van der Waals surface area contributed by atoms with Crippen LogP contribution in [-0.2, 0) is 0 Å². The fraction of sp³-hybridized carbons (Fsp3) is 0.0476. The molecule has 5 heteroatoms. The van der Waals surface area contributed by atoms with Crippen molar-refractivity contribution in [3.05, 3.63) is 254 Å². The highest BCUT2D eigenvalue weighted by Crippen LogP contribution is 2.45. The molecule has 2 unspecified atom stereocenters. The third-order valence-electron chi connectivity index (χ3n) is 13.3. The molecule has 0 amide bonds. The minimum atomic E-state index is -0.130. The Bertz CT molecular complexity index is 3620. The number of allylic oxidation sites excluding steroid dienone is 4. The largest absolute Gasteiger partial charge is 0.309 e. The van der Waals surface area contributed by atoms with Crippen molar-refractivity contribution in [2.45, 2.75) is 12.8 Å². The van der Waals surface area contributed by atoms with Gasteiger partial charge in [0, 0.05) is 45.3 Å². The Balaban J connectivity index is 0.973. The Kier molecular flexibility index (Phi) is 10.5. The van der Waals surface area contributed by atoms with Gasteiger partial charge in [-0.05, 0) is 111 Å². The van der Waals surface area contributed by atoms with Gasteiger partial charge < -0.3 is 4.57 Å². The van der Waals surface area contributed by atoms with Crippen molar-refractivity contribution in [3.63, 3.8) is 0 Å². The Labute approximate surface area is 396 Å². The summed E-state index contributed by atoms with van der Waals surface area (Å²) < 4.78 is 2.40. The summed E-state index contributed by atoms with van der Waals surface area (Å²) in [5, 5.41) is 2.45. The van der Waals surface area contributed by atoms with Gasteiger partial charge in [-0.2, -0.15) is 0 Å². The number of hydrogen-bond acceptors (Lipinski definition) is 4. The number of pyridine rings is 1. The molecule has 0 bridgehead atoms. The third-order valence-corrected chi connectivity index (χ3v) is 13.3. The van der Waals surface area contributed by atoms with Gasteiger partial charge in [0.25, 0.3) is 0 Å². The van der Waals surface area contributed by atoms with Crippen LogP contribution in [0.4, 0.5) is 0 Å². The van der Waals surface area contributed by atoms with Crippen LogP contribution in [0.2, 0.25) is 0 Å². The van der Waals surface area contributed by atoms with Crippen molar-refractivity contribution in [1.82, 2.24) is 24.5 Å². The number of rotatable bonds is 9. The molecule has 0 saturated carbocycles. The van der Waals surface area contributed by atoms with E-state index in [-0.39, 0.29) is 11.8 Å². The zero-order valence-electron chi connectivity index (χ0n) is 37.5. The molecule has 68 heavy (non-hydrogen) atoms. The van der Waals surface area contributed by atoms with Crippen molar-refractivity contribution in [1.29, 1.82) is 0 Å². The van der Waals surface area contributed by atoms with E-state index in [1.807, 2.05) is 30.5 Å². The molecule has 1 aliphatic carbocycles. The van der Waals surface area contributed by atoms with Crippen LogP contribution in [0.25, 0.3) is 100 Å². The van der Waals surface area contributed by atoms with Crippen LogP contribution in [0.5, 0.6) is 0 Å². The number of para-hydroxylation sites is 1. The predicted molar refractivity (Wildman–Crippen MR) is 280 cm³/mol. The first-order chi connectivity index (χ1) is 33.6. The number of benzene rings is 8. The van der Waals surface area contributed by atoms with E-state index < -0.39 is 0 Å². The van der Waals surface area contributed by atoms with Crippen molar-refractivity contribution < 1.29 is 0 Å². The van der Waals surface area contributed by atoms with Crippen LogP contribution in [0.3, 0.4) is 0 Å². The molecule has 12 rings (SSSR count). The summed E-state index contributed by atoms with van der Waals surface area (Å²) in [4.78, 5) is 20.8. The number of nitrogens with zero attached hydrogens (tertiary/aromatic N) is 5. The Morgan fingerprint density at radius 1 is 0.426 bits per heavy atom. The Morgan fingerprint density at radius 3 is 1.65 bits per heavy atom. The van der Waals surface area contributed by atoms with Crippen molar-refractivity contribution in [2.75, 3.05) is 0 Å². The lowest BCUT2D eigenvalue weighted by Gasteiger charge is -2.27. The summed E-state index contributed by atoms with van der Waals surface area (Å²) in [6, 6.07) is 77.1. The SMILES string of the molecule is CC1C(c2cccc3c2c2cc(-c4ccccc4)ccc2n3-c2ccccc2)=CC=CC1c1nc(-c2ccccc2)nc(-c2ccnc(-c3cc(-c4ccccc4)cc(-c4ccccc4)c3)c2)n1. The number of hydrogen-bond donors (Lipinski definition) is 0. The fourth-order valence-electron chi connectivity index (χ4n) is 9.90. The minimum absolute atomic E-state index is 0.0297. The Morgan fingerprint density at radius 2 is 1.00 bits per heavy atom. The molecule has 322 valence electrons. The molecule has 3 heterocycles. The molecular weight excluding hydrogens is 827 g/mol. The first-order valence-electron chi connectivity index (χ1n) is 23.2. The standard InChI is InChI=1S/C63H45N5/c1-42-53(55-31-18-32-59-60(55)56-40-47(43-19-7-2-8-20-43)33-34-58(56)68(59)52-27-15-6-16-28-52)29-17-30-54(42)63-66-61(46-25-13-5-14-26-46)65-62(67-63)48-35-36-64-57(41-48)51-38-49(44-21-9-3-10-22-44)37-50(39-51)45-23-11-4-12-24-45/h2-42,54H,1H3. The van der Waals surface area contributed by atoms with E-state index in [9.17, 15) is 0 Å². The summed E-state index contributed by atoms with van der Waals surface area (Å²) >= 11 is 0. The molecule has 0 spiro atoms. The predicted octanol–water partition coefficient (Wildman–Crippen LogP) is 15.7. The topological polar surface area (TPSA) is 56.5 Å².